The molecule has 0 aliphatic carbocycles. The van der Waals surface area contributed by atoms with Gasteiger partial charge in [-0.2, -0.15) is 5.10 Å². The van der Waals surface area contributed by atoms with E-state index in [-0.39, 0.29) is 5.82 Å². The first-order chi connectivity index (χ1) is 11.8. The van der Waals surface area contributed by atoms with Crippen LogP contribution in [-0.2, 0) is 6.54 Å². The summed E-state index contributed by atoms with van der Waals surface area (Å²) in [4.78, 5) is 7.04. The quantitative estimate of drug-likeness (QED) is 0.796. The van der Waals surface area contributed by atoms with Crippen molar-refractivity contribution in [1.29, 1.82) is 0 Å². The number of furan rings is 1. The monoisotopic (exact) mass is 326 g/mol. The van der Waals surface area contributed by atoms with E-state index in [9.17, 15) is 4.39 Å². The van der Waals surface area contributed by atoms with Gasteiger partial charge in [0.25, 0.3) is 0 Å². The molecule has 4 rings (SSSR count). The van der Waals surface area contributed by atoms with Crippen molar-refractivity contribution in [1.82, 2.24) is 20.1 Å². The van der Waals surface area contributed by atoms with Crippen LogP contribution < -0.4 is 0 Å². The Morgan fingerprint density at radius 2 is 1.96 bits per heavy atom. The minimum atomic E-state index is -0.250. The van der Waals surface area contributed by atoms with Crippen LogP contribution in [0.3, 0.4) is 0 Å². The molecule has 1 aromatic carbocycles. The fraction of sp³-hybridized carbons (Fsp3) is 0.333. The molecule has 5 nitrogen and oxygen atoms in total. The Hall–Kier alpha value is -2.47. The molecular weight excluding hydrogens is 307 g/mol. The van der Waals surface area contributed by atoms with E-state index in [2.05, 4.69) is 20.1 Å². The first kappa shape index (κ1) is 15.1. The van der Waals surface area contributed by atoms with Gasteiger partial charge in [-0.15, -0.1) is 0 Å². The number of likely N-dealkylation sites (tertiary alicyclic amines) is 1. The first-order valence-corrected chi connectivity index (χ1v) is 8.19. The van der Waals surface area contributed by atoms with E-state index in [1.807, 2.05) is 6.07 Å². The molecule has 0 saturated carbocycles. The summed E-state index contributed by atoms with van der Waals surface area (Å²) in [6.45, 7) is 2.99. The minimum absolute atomic E-state index is 0.250. The van der Waals surface area contributed by atoms with Crippen molar-refractivity contribution in [2.45, 2.75) is 25.3 Å². The van der Waals surface area contributed by atoms with Gasteiger partial charge in [0.2, 0.25) is 0 Å². The number of hydrogen-bond donors (Lipinski definition) is 1. The summed E-state index contributed by atoms with van der Waals surface area (Å²) in [5.41, 5.74) is 2.04. The number of nitrogens with one attached hydrogen (secondary N) is 1. The number of hydrogen-bond acceptors (Lipinski definition) is 4. The Morgan fingerprint density at radius 1 is 1.17 bits per heavy atom. The fourth-order valence-corrected chi connectivity index (χ4v) is 3.19. The molecule has 1 aliphatic heterocycles. The topological polar surface area (TPSA) is 58.0 Å². The van der Waals surface area contributed by atoms with Crippen molar-refractivity contribution in [2.24, 2.45) is 0 Å². The maximum absolute atomic E-state index is 13.0. The van der Waals surface area contributed by atoms with Crippen LogP contribution in [0.1, 0.15) is 30.1 Å². The van der Waals surface area contributed by atoms with Crippen molar-refractivity contribution < 1.29 is 8.81 Å². The molecule has 0 spiro atoms. The van der Waals surface area contributed by atoms with Crippen LogP contribution in [0, 0.1) is 5.82 Å². The highest BCUT2D eigenvalue weighted by Gasteiger charge is 2.23. The third-order valence-electron chi connectivity index (χ3n) is 4.57. The SMILES string of the molecule is Fc1ccc(-c2n[nH]c(C3CCN(Cc4ccoc4)CC3)n2)cc1. The fourth-order valence-electron chi connectivity index (χ4n) is 3.19. The van der Waals surface area contributed by atoms with E-state index < -0.39 is 0 Å². The van der Waals surface area contributed by atoms with Gasteiger partial charge in [-0.3, -0.25) is 10.00 Å². The van der Waals surface area contributed by atoms with Crippen LogP contribution in [0.2, 0.25) is 0 Å². The molecule has 0 unspecified atom stereocenters. The number of aromatic amines is 1. The standard InChI is InChI=1S/C18H19FN4O/c19-16-3-1-14(2-4-16)17-20-18(22-21-17)15-5-8-23(9-6-15)11-13-7-10-24-12-13/h1-4,7,10,12,15H,5-6,8-9,11H2,(H,20,21,22). The Kier molecular flexibility index (Phi) is 4.13. The van der Waals surface area contributed by atoms with Gasteiger partial charge in [0.05, 0.1) is 12.5 Å². The number of rotatable bonds is 4. The molecular formula is C18H19FN4O. The maximum Gasteiger partial charge on any atom is 0.181 e. The molecule has 124 valence electrons. The molecule has 1 aliphatic rings. The van der Waals surface area contributed by atoms with E-state index in [0.717, 1.165) is 43.9 Å². The Bertz CT molecular complexity index is 774. The summed E-state index contributed by atoms with van der Waals surface area (Å²) < 4.78 is 18.1. The molecule has 3 aromatic rings. The third-order valence-corrected chi connectivity index (χ3v) is 4.57. The van der Waals surface area contributed by atoms with Gasteiger partial charge >= 0.3 is 0 Å². The highest BCUT2D eigenvalue weighted by atomic mass is 19.1. The van der Waals surface area contributed by atoms with Crippen LogP contribution >= 0.6 is 0 Å². The van der Waals surface area contributed by atoms with E-state index in [4.69, 9.17) is 4.42 Å². The number of nitrogens with zero attached hydrogens (tertiary/aromatic N) is 3. The van der Waals surface area contributed by atoms with Crippen LogP contribution in [0.15, 0.2) is 47.3 Å². The van der Waals surface area contributed by atoms with Gasteiger partial charge < -0.3 is 4.42 Å². The second-order valence-corrected chi connectivity index (χ2v) is 6.23. The molecule has 1 N–H and O–H groups in total. The molecule has 6 heteroatoms. The first-order valence-electron chi connectivity index (χ1n) is 8.19. The predicted molar refractivity (Wildman–Crippen MR) is 87.7 cm³/mol. The van der Waals surface area contributed by atoms with E-state index in [0.29, 0.717) is 11.7 Å². The normalized spacial score (nSPS) is 16.5. The number of aromatic nitrogens is 3. The Balaban J connectivity index is 1.38. The van der Waals surface area contributed by atoms with Crippen molar-refractivity contribution >= 4 is 0 Å². The van der Waals surface area contributed by atoms with Crippen molar-refractivity contribution in [3.63, 3.8) is 0 Å². The second kappa shape index (κ2) is 6.57. The summed E-state index contributed by atoms with van der Waals surface area (Å²) >= 11 is 0. The zero-order valence-corrected chi connectivity index (χ0v) is 13.3. The van der Waals surface area contributed by atoms with Gasteiger partial charge in [-0.1, -0.05) is 0 Å². The summed E-state index contributed by atoms with van der Waals surface area (Å²) in [5, 5.41) is 7.35. The largest absolute Gasteiger partial charge is 0.472 e. The van der Waals surface area contributed by atoms with E-state index >= 15 is 0 Å². The molecule has 1 fully saturated rings. The van der Waals surface area contributed by atoms with Gasteiger partial charge in [0, 0.05) is 23.6 Å². The van der Waals surface area contributed by atoms with E-state index in [1.165, 1.54) is 17.7 Å². The molecule has 24 heavy (non-hydrogen) atoms. The summed E-state index contributed by atoms with van der Waals surface area (Å²) in [6.07, 6.45) is 5.62. The molecule has 0 amide bonds. The molecule has 2 aromatic heterocycles. The molecule has 3 heterocycles. The van der Waals surface area contributed by atoms with E-state index in [1.54, 1.807) is 24.7 Å². The highest BCUT2D eigenvalue weighted by molar-refractivity contribution is 5.54. The van der Waals surface area contributed by atoms with Crippen LogP contribution in [0.25, 0.3) is 11.4 Å². The predicted octanol–water partition coefficient (Wildman–Crippen LogP) is 3.58. The maximum atomic E-state index is 13.0. The van der Waals surface area contributed by atoms with Gasteiger partial charge in [0.15, 0.2) is 5.82 Å². The molecule has 1 saturated heterocycles. The van der Waals surface area contributed by atoms with Gasteiger partial charge in [0.1, 0.15) is 11.6 Å². The minimum Gasteiger partial charge on any atom is -0.472 e. The average Bonchev–Trinajstić information content (AvgIpc) is 3.28. The van der Waals surface area contributed by atoms with Crippen molar-refractivity contribution in [3.05, 3.63) is 60.1 Å². The number of halogens is 1. The number of H-pyrrole nitrogens is 1. The van der Waals surface area contributed by atoms with Gasteiger partial charge in [-0.05, 0) is 56.3 Å². The molecule has 0 atom stereocenters. The third kappa shape index (κ3) is 3.23. The number of piperidine rings is 1. The van der Waals surface area contributed by atoms with Crippen LogP contribution in [0.4, 0.5) is 4.39 Å². The zero-order chi connectivity index (χ0) is 16.4. The summed E-state index contributed by atoms with van der Waals surface area (Å²) in [5.74, 6) is 1.70. The Morgan fingerprint density at radius 3 is 2.67 bits per heavy atom. The zero-order valence-electron chi connectivity index (χ0n) is 13.3. The summed E-state index contributed by atoms with van der Waals surface area (Å²) in [6, 6.07) is 8.28. The van der Waals surface area contributed by atoms with Gasteiger partial charge in [-0.25, -0.2) is 9.37 Å². The second-order valence-electron chi connectivity index (χ2n) is 6.23. The summed E-state index contributed by atoms with van der Waals surface area (Å²) in [7, 11) is 0. The molecule has 0 radical (unpaired) electrons. The van der Waals surface area contributed by atoms with Crippen LogP contribution in [-0.4, -0.2) is 33.2 Å². The lowest BCUT2D eigenvalue weighted by Crippen LogP contribution is -2.32. The average molecular weight is 326 g/mol. The lowest BCUT2D eigenvalue weighted by atomic mass is 9.96. The highest BCUT2D eigenvalue weighted by Crippen LogP contribution is 2.27. The van der Waals surface area contributed by atoms with Crippen molar-refractivity contribution in [3.8, 4) is 11.4 Å². The molecule has 0 bridgehead atoms. The lowest BCUT2D eigenvalue weighted by molar-refractivity contribution is 0.201. The Labute approximate surface area is 139 Å². The number of benzene rings is 1. The van der Waals surface area contributed by atoms with Crippen molar-refractivity contribution in [2.75, 3.05) is 13.1 Å². The smallest absolute Gasteiger partial charge is 0.181 e. The lowest BCUT2D eigenvalue weighted by Gasteiger charge is -2.30. The van der Waals surface area contributed by atoms with Crippen LogP contribution in [0.5, 0.6) is 0 Å².